The molecule has 2 atom stereocenters. The molecule has 1 aliphatic rings. The quantitative estimate of drug-likeness (QED) is 0.347. The zero-order valence-corrected chi connectivity index (χ0v) is 20.2. The molecule has 0 spiro atoms. The summed E-state index contributed by atoms with van der Waals surface area (Å²) in [6.45, 7) is 5.40. The second-order valence-corrected chi connectivity index (χ2v) is 10.4. The molecule has 3 N–H and O–H groups in total. The summed E-state index contributed by atoms with van der Waals surface area (Å²) in [6, 6.07) is 8.64. The van der Waals surface area contributed by atoms with Crippen LogP contribution in [0.4, 0.5) is 8.78 Å². The summed E-state index contributed by atoms with van der Waals surface area (Å²) < 4.78 is 32.3. The van der Waals surface area contributed by atoms with Crippen LogP contribution in [0.15, 0.2) is 30.5 Å². The minimum atomic E-state index is -1.92. The number of fused-ring (bicyclic) bond motifs is 2. The van der Waals surface area contributed by atoms with Crippen LogP contribution in [0.25, 0.3) is 27.5 Å². The molecule has 2 aromatic carbocycles. The van der Waals surface area contributed by atoms with E-state index >= 15 is 4.39 Å². The smallest absolute Gasteiger partial charge is 0.335 e. The van der Waals surface area contributed by atoms with Gasteiger partial charge in [0.25, 0.3) is 0 Å². The molecule has 2 heterocycles. The van der Waals surface area contributed by atoms with Gasteiger partial charge in [0.05, 0.1) is 17.8 Å². The molecule has 0 aliphatic heterocycles. The second-order valence-electron chi connectivity index (χ2n) is 10.4. The van der Waals surface area contributed by atoms with E-state index in [0.717, 1.165) is 0 Å². The molecule has 1 aliphatic carbocycles. The summed E-state index contributed by atoms with van der Waals surface area (Å²) in [7, 11) is 0. The van der Waals surface area contributed by atoms with E-state index in [1.807, 2.05) is 18.4 Å². The fourth-order valence-electron chi connectivity index (χ4n) is 5.68. The number of hydrogen-bond donors (Lipinski definition) is 3. The van der Waals surface area contributed by atoms with E-state index in [9.17, 15) is 24.7 Å². The molecular weight excluding hydrogens is 466 g/mol. The van der Waals surface area contributed by atoms with Gasteiger partial charge in [0.2, 0.25) is 0 Å². The Balaban J connectivity index is 1.94. The van der Waals surface area contributed by atoms with Crippen molar-refractivity contribution < 1.29 is 23.8 Å². The SMILES string of the molecule is Cc1cc(-n2c(C(C)(C)CC#N)c([C@@H]3CC[C@@](O)(C(=O)O)C3)c3c(F)c4[nH]ncc4cc32)ccc1F. The largest absolute Gasteiger partial charge is 0.479 e. The number of hydrogen-bond acceptors (Lipinski definition) is 4. The highest BCUT2D eigenvalue weighted by Gasteiger charge is 2.47. The lowest BCUT2D eigenvalue weighted by atomic mass is 9.79. The minimum Gasteiger partial charge on any atom is -0.479 e. The Labute approximate surface area is 206 Å². The van der Waals surface area contributed by atoms with Crippen LogP contribution in [0.5, 0.6) is 0 Å². The van der Waals surface area contributed by atoms with Crippen molar-refractivity contribution in [1.29, 1.82) is 5.26 Å². The number of carbonyl (C=O) groups is 1. The van der Waals surface area contributed by atoms with Crippen LogP contribution in [0.3, 0.4) is 0 Å². The number of rotatable bonds is 5. The molecule has 0 unspecified atom stereocenters. The lowest BCUT2D eigenvalue weighted by Crippen LogP contribution is -2.35. The van der Waals surface area contributed by atoms with Crippen molar-refractivity contribution in [2.45, 2.75) is 63.4 Å². The number of carboxylic acid groups (broad SMARTS) is 1. The third kappa shape index (κ3) is 3.47. The van der Waals surface area contributed by atoms with Crippen molar-refractivity contribution in [2.24, 2.45) is 0 Å². The van der Waals surface area contributed by atoms with E-state index in [2.05, 4.69) is 16.3 Å². The molecule has 7 nitrogen and oxygen atoms in total. The fraction of sp³-hybridized carbons (Fsp3) is 0.370. The molecule has 2 aromatic heterocycles. The van der Waals surface area contributed by atoms with Gasteiger partial charge in [-0.1, -0.05) is 13.8 Å². The van der Waals surface area contributed by atoms with Crippen molar-refractivity contribution in [3.05, 3.63) is 58.9 Å². The van der Waals surface area contributed by atoms with E-state index in [1.54, 1.807) is 25.1 Å². The summed E-state index contributed by atoms with van der Waals surface area (Å²) in [5, 5.41) is 37.6. The van der Waals surface area contributed by atoms with Crippen LogP contribution in [0.1, 0.15) is 62.3 Å². The molecule has 9 heteroatoms. The Hall–Kier alpha value is -3.77. The van der Waals surface area contributed by atoms with Gasteiger partial charge in [0.1, 0.15) is 11.3 Å². The minimum absolute atomic E-state index is 0.0291. The Bertz CT molecular complexity index is 1580. The Morgan fingerprint density at radius 3 is 2.75 bits per heavy atom. The molecule has 4 aromatic rings. The van der Waals surface area contributed by atoms with Gasteiger partial charge in [-0.25, -0.2) is 13.6 Å². The van der Waals surface area contributed by atoms with Crippen molar-refractivity contribution in [1.82, 2.24) is 14.8 Å². The highest BCUT2D eigenvalue weighted by molar-refractivity contribution is 6.00. The monoisotopic (exact) mass is 492 g/mol. The van der Waals surface area contributed by atoms with Gasteiger partial charge < -0.3 is 14.8 Å². The van der Waals surface area contributed by atoms with E-state index in [4.69, 9.17) is 0 Å². The first-order valence-corrected chi connectivity index (χ1v) is 11.8. The van der Waals surface area contributed by atoms with Gasteiger partial charge in [-0.05, 0) is 67.5 Å². The number of nitriles is 1. The number of benzene rings is 2. The molecule has 0 amide bonds. The van der Waals surface area contributed by atoms with Crippen LogP contribution in [0.2, 0.25) is 0 Å². The normalized spacial score (nSPS) is 20.3. The average Bonchev–Trinajstić information content (AvgIpc) is 3.52. The molecule has 1 fully saturated rings. The number of aryl methyl sites for hydroxylation is 1. The van der Waals surface area contributed by atoms with E-state index in [-0.39, 0.29) is 36.0 Å². The molecule has 1 saturated carbocycles. The number of aliphatic carboxylic acids is 1. The number of halogens is 2. The maximum Gasteiger partial charge on any atom is 0.335 e. The predicted molar refractivity (Wildman–Crippen MR) is 130 cm³/mol. The van der Waals surface area contributed by atoms with Crippen LogP contribution in [-0.4, -0.2) is 36.5 Å². The van der Waals surface area contributed by atoms with Gasteiger partial charge in [-0.3, -0.25) is 5.10 Å². The highest BCUT2D eigenvalue weighted by atomic mass is 19.1. The van der Waals surface area contributed by atoms with Crippen molar-refractivity contribution in [2.75, 3.05) is 0 Å². The zero-order valence-electron chi connectivity index (χ0n) is 20.2. The van der Waals surface area contributed by atoms with Gasteiger partial charge >= 0.3 is 5.97 Å². The summed E-state index contributed by atoms with van der Waals surface area (Å²) >= 11 is 0. The first kappa shape index (κ1) is 23.9. The Morgan fingerprint density at radius 2 is 2.11 bits per heavy atom. The predicted octanol–water partition coefficient (Wildman–Crippen LogP) is 5.37. The first-order chi connectivity index (χ1) is 17.0. The molecule has 0 radical (unpaired) electrons. The van der Waals surface area contributed by atoms with Gasteiger partial charge in [-0.15, -0.1) is 0 Å². The molecule has 186 valence electrons. The second kappa shape index (κ2) is 8.14. The molecule has 0 bridgehead atoms. The number of nitrogens with zero attached hydrogens (tertiary/aromatic N) is 3. The number of aliphatic hydroxyl groups is 1. The Morgan fingerprint density at radius 1 is 1.36 bits per heavy atom. The number of H-pyrrole nitrogens is 1. The molecule has 5 rings (SSSR count). The van der Waals surface area contributed by atoms with Crippen molar-refractivity contribution >= 4 is 27.8 Å². The third-order valence-electron chi connectivity index (χ3n) is 7.50. The lowest BCUT2D eigenvalue weighted by Gasteiger charge is -2.28. The maximum atomic E-state index is 16.2. The van der Waals surface area contributed by atoms with Gasteiger partial charge in [0.15, 0.2) is 11.4 Å². The first-order valence-electron chi connectivity index (χ1n) is 11.8. The standard InChI is InChI=1S/C27H26F2N4O3/c1-14-10-17(4-5-18(14)28)33-19-11-16-13-31-32-23(16)22(29)21(19)20(24(33)26(2,3)8-9-30)15-6-7-27(36,12-15)25(34)35/h4-5,10-11,13,15,36H,6-8,12H2,1-3H3,(H,31,32)(H,34,35)/t15-,27+/m1/s1. The highest BCUT2D eigenvalue weighted by Crippen LogP contribution is 2.50. The van der Waals surface area contributed by atoms with Crippen molar-refractivity contribution in [3.8, 4) is 11.8 Å². The van der Waals surface area contributed by atoms with E-state index in [0.29, 0.717) is 39.8 Å². The van der Waals surface area contributed by atoms with Crippen LogP contribution in [-0.2, 0) is 10.2 Å². The topological polar surface area (TPSA) is 115 Å². The number of aromatic amines is 1. The number of nitrogens with one attached hydrogen (secondary N) is 1. The number of carboxylic acids is 1. The van der Waals surface area contributed by atoms with Crippen LogP contribution in [0, 0.1) is 29.9 Å². The maximum absolute atomic E-state index is 16.2. The van der Waals surface area contributed by atoms with Gasteiger partial charge in [0, 0.05) is 34.0 Å². The zero-order chi connectivity index (χ0) is 26.0. The van der Waals surface area contributed by atoms with E-state index in [1.165, 1.54) is 12.3 Å². The fourth-order valence-corrected chi connectivity index (χ4v) is 5.68. The molecule has 36 heavy (non-hydrogen) atoms. The molecule has 0 saturated heterocycles. The third-order valence-corrected chi connectivity index (χ3v) is 7.50. The summed E-state index contributed by atoms with van der Waals surface area (Å²) in [4.78, 5) is 11.8. The lowest BCUT2D eigenvalue weighted by molar-refractivity contribution is -0.157. The summed E-state index contributed by atoms with van der Waals surface area (Å²) in [5.41, 5.74) is 0.236. The molecular formula is C27H26F2N4O3. The number of aromatic nitrogens is 3. The summed E-state index contributed by atoms with van der Waals surface area (Å²) in [6.07, 6.45) is 1.90. The van der Waals surface area contributed by atoms with E-state index < -0.39 is 28.7 Å². The van der Waals surface area contributed by atoms with Crippen LogP contribution >= 0.6 is 0 Å². The van der Waals surface area contributed by atoms with Crippen LogP contribution < -0.4 is 0 Å². The average molecular weight is 493 g/mol. The Kier molecular flexibility index (Phi) is 5.41. The van der Waals surface area contributed by atoms with Gasteiger partial charge in [-0.2, -0.15) is 10.4 Å². The van der Waals surface area contributed by atoms with Crippen molar-refractivity contribution in [3.63, 3.8) is 0 Å². The summed E-state index contributed by atoms with van der Waals surface area (Å²) in [5.74, 6) is -2.69.